The number of carbonyl (C=O) groups is 1. The van der Waals surface area contributed by atoms with E-state index >= 15 is 0 Å². The Bertz CT molecular complexity index is 336. The van der Waals surface area contributed by atoms with Gasteiger partial charge in [-0.15, -0.1) is 12.4 Å². The summed E-state index contributed by atoms with van der Waals surface area (Å²) in [4.78, 5) is 11.5. The maximum Gasteiger partial charge on any atom is 0.224 e. The molecule has 4 heteroatoms. The van der Waals surface area contributed by atoms with Gasteiger partial charge in [0.1, 0.15) is 0 Å². The summed E-state index contributed by atoms with van der Waals surface area (Å²) in [5, 5.41) is 2.91. The third-order valence-corrected chi connectivity index (χ3v) is 2.39. The number of anilines is 1. The number of amides is 1. The number of carbonyl (C=O) groups excluding carboxylic acids is 1. The van der Waals surface area contributed by atoms with Gasteiger partial charge in [0, 0.05) is 12.2 Å². The van der Waals surface area contributed by atoms with Crippen molar-refractivity contribution in [3.05, 3.63) is 29.8 Å². The van der Waals surface area contributed by atoms with Crippen molar-refractivity contribution < 1.29 is 4.79 Å². The van der Waals surface area contributed by atoms with Crippen LogP contribution in [-0.2, 0) is 11.2 Å². The fourth-order valence-electron chi connectivity index (χ4n) is 1.38. The van der Waals surface area contributed by atoms with Gasteiger partial charge < -0.3 is 11.1 Å². The molecule has 0 fully saturated rings. The van der Waals surface area contributed by atoms with Crippen LogP contribution in [0.3, 0.4) is 0 Å². The molecule has 0 heterocycles. The first-order valence-corrected chi connectivity index (χ1v) is 5.69. The fraction of sp³-hybridized carbons (Fsp3) is 0.462. The molecular weight excluding hydrogens is 236 g/mol. The third kappa shape index (κ3) is 6.84. The molecule has 0 saturated heterocycles. The molecule has 0 aliphatic carbocycles. The minimum Gasteiger partial charge on any atom is -0.399 e. The number of nitrogens with two attached hydrogens (primary N) is 1. The standard InChI is InChI=1S/C13H20N2O.ClH/c1-10(2)7-8-15-13(16)9-11-3-5-12(14)6-4-11;/h3-6,10H,7-9,14H2,1-2H3,(H,15,16);1H. The van der Waals surface area contributed by atoms with E-state index in [1.54, 1.807) is 0 Å². The van der Waals surface area contributed by atoms with Crippen molar-refractivity contribution in [1.29, 1.82) is 0 Å². The molecule has 0 aromatic heterocycles. The highest BCUT2D eigenvalue weighted by atomic mass is 35.5. The molecule has 3 nitrogen and oxygen atoms in total. The van der Waals surface area contributed by atoms with Crippen LogP contribution in [0.2, 0.25) is 0 Å². The molecule has 0 aliphatic heterocycles. The average Bonchev–Trinajstić information content (AvgIpc) is 2.21. The second-order valence-corrected chi connectivity index (χ2v) is 4.45. The molecule has 3 N–H and O–H groups in total. The van der Waals surface area contributed by atoms with E-state index in [9.17, 15) is 4.79 Å². The van der Waals surface area contributed by atoms with E-state index in [0.29, 0.717) is 12.3 Å². The lowest BCUT2D eigenvalue weighted by atomic mass is 10.1. The molecule has 0 spiro atoms. The number of nitrogen functional groups attached to an aromatic ring is 1. The molecule has 1 rings (SSSR count). The molecule has 1 amide bonds. The number of halogens is 1. The van der Waals surface area contributed by atoms with Crippen LogP contribution < -0.4 is 11.1 Å². The van der Waals surface area contributed by atoms with Crippen LogP contribution in [0.1, 0.15) is 25.8 Å². The van der Waals surface area contributed by atoms with E-state index in [1.807, 2.05) is 24.3 Å². The number of benzene rings is 1. The molecule has 17 heavy (non-hydrogen) atoms. The summed E-state index contributed by atoms with van der Waals surface area (Å²) in [5.41, 5.74) is 7.29. The van der Waals surface area contributed by atoms with Crippen molar-refractivity contribution in [2.24, 2.45) is 5.92 Å². The number of hydrogen-bond acceptors (Lipinski definition) is 2. The Balaban J connectivity index is 0.00000256. The Kier molecular flexibility index (Phi) is 7.39. The van der Waals surface area contributed by atoms with E-state index < -0.39 is 0 Å². The molecule has 0 saturated carbocycles. The SMILES string of the molecule is CC(C)CCNC(=O)Cc1ccc(N)cc1.Cl. The summed E-state index contributed by atoms with van der Waals surface area (Å²) < 4.78 is 0. The number of rotatable bonds is 5. The Morgan fingerprint density at radius 2 is 1.88 bits per heavy atom. The summed E-state index contributed by atoms with van der Waals surface area (Å²) in [6, 6.07) is 7.40. The van der Waals surface area contributed by atoms with Gasteiger partial charge in [-0.3, -0.25) is 4.79 Å². The molecule has 1 aromatic carbocycles. The normalized spacial score (nSPS) is 9.82. The zero-order valence-corrected chi connectivity index (χ0v) is 11.2. The Hall–Kier alpha value is -1.22. The first-order chi connectivity index (χ1) is 7.58. The first-order valence-electron chi connectivity index (χ1n) is 5.69. The highest BCUT2D eigenvalue weighted by Gasteiger charge is 2.03. The number of hydrogen-bond donors (Lipinski definition) is 2. The van der Waals surface area contributed by atoms with Crippen LogP contribution in [-0.4, -0.2) is 12.5 Å². The maximum absolute atomic E-state index is 11.5. The molecule has 1 aromatic rings. The van der Waals surface area contributed by atoms with Gasteiger partial charge >= 0.3 is 0 Å². The lowest BCUT2D eigenvalue weighted by Gasteiger charge is -2.07. The zero-order chi connectivity index (χ0) is 12.0. The summed E-state index contributed by atoms with van der Waals surface area (Å²) in [6.45, 7) is 5.05. The van der Waals surface area contributed by atoms with Crippen molar-refractivity contribution in [2.45, 2.75) is 26.7 Å². The van der Waals surface area contributed by atoms with Gasteiger partial charge in [-0.05, 0) is 30.0 Å². The second-order valence-electron chi connectivity index (χ2n) is 4.45. The van der Waals surface area contributed by atoms with E-state index in [-0.39, 0.29) is 18.3 Å². The monoisotopic (exact) mass is 256 g/mol. The zero-order valence-electron chi connectivity index (χ0n) is 10.4. The Morgan fingerprint density at radius 1 is 1.29 bits per heavy atom. The van der Waals surface area contributed by atoms with Gasteiger partial charge in [0.15, 0.2) is 0 Å². The molecular formula is C13H21ClN2O. The minimum absolute atomic E-state index is 0. The van der Waals surface area contributed by atoms with Gasteiger partial charge in [0.2, 0.25) is 5.91 Å². The summed E-state index contributed by atoms with van der Waals surface area (Å²) in [5.74, 6) is 0.697. The van der Waals surface area contributed by atoms with Crippen molar-refractivity contribution in [3.8, 4) is 0 Å². The smallest absolute Gasteiger partial charge is 0.224 e. The Labute approximate surface area is 109 Å². The molecule has 0 aliphatic rings. The Morgan fingerprint density at radius 3 is 2.41 bits per heavy atom. The number of nitrogens with one attached hydrogen (secondary N) is 1. The van der Waals surface area contributed by atoms with E-state index in [1.165, 1.54) is 0 Å². The van der Waals surface area contributed by atoms with Gasteiger partial charge in [0.05, 0.1) is 6.42 Å². The molecule has 0 bridgehead atoms. The highest BCUT2D eigenvalue weighted by molar-refractivity contribution is 5.85. The third-order valence-electron chi connectivity index (χ3n) is 2.39. The van der Waals surface area contributed by atoms with Crippen molar-refractivity contribution in [3.63, 3.8) is 0 Å². The maximum atomic E-state index is 11.5. The summed E-state index contributed by atoms with van der Waals surface area (Å²) in [7, 11) is 0. The van der Waals surface area contributed by atoms with Crippen LogP contribution in [0.4, 0.5) is 5.69 Å². The predicted octanol–water partition coefficient (Wildman–Crippen LogP) is 2.40. The van der Waals surface area contributed by atoms with E-state index in [2.05, 4.69) is 19.2 Å². The second kappa shape index (κ2) is 7.96. The van der Waals surface area contributed by atoms with E-state index in [0.717, 1.165) is 24.2 Å². The quantitative estimate of drug-likeness (QED) is 0.795. The van der Waals surface area contributed by atoms with Gasteiger partial charge in [0.25, 0.3) is 0 Å². The van der Waals surface area contributed by atoms with Crippen molar-refractivity contribution in [1.82, 2.24) is 5.32 Å². The lowest BCUT2D eigenvalue weighted by molar-refractivity contribution is -0.120. The van der Waals surface area contributed by atoms with Crippen LogP contribution in [0.5, 0.6) is 0 Å². The van der Waals surface area contributed by atoms with Crippen LogP contribution in [0.25, 0.3) is 0 Å². The largest absolute Gasteiger partial charge is 0.399 e. The van der Waals surface area contributed by atoms with Crippen LogP contribution in [0.15, 0.2) is 24.3 Å². The average molecular weight is 257 g/mol. The van der Waals surface area contributed by atoms with Gasteiger partial charge in [-0.2, -0.15) is 0 Å². The summed E-state index contributed by atoms with van der Waals surface area (Å²) in [6.07, 6.45) is 1.45. The van der Waals surface area contributed by atoms with Crippen molar-refractivity contribution in [2.75, 3.05) is 12.3 Å². The lowest BCUT2D eigenvalue weighted by Crippen LogP contribution is -2.26. The van der Waals surface area contributed by atoms with Crippen molar-refractivity contribution >= 4 is 24.0 Å². The molecule has 96 valence electrons. The first kappa shape index (κ1) is 15.8. The van der Waals surface area contributed by atoms with Crippen LogP contribution >= 0.6 is 12.4 Å². The predicted molar refractivity (Wildman–Crippen MR) is 74.3 cm³/mol. The van der Waals surface area contributed by atoms with Crippen LogP contribution in [0, 0.1) is 5.92 Å². The van der Waals surface area contributed by atoms with E-state index in [4.69, 9.17) is 5.73 Å². The van der Waals surface area contributed by atoms with Gasteiger partial charge in [-0.1, -0.05) is 26.0 Å². The highest BCUT2D eigenvalue weighted by Crippen LogP contribution is 2.06. The van der Waals surface area contributed by atoms with Gasteiger partial charge in [-0.25, -0.2) is 0 Å². The summed E-state index contributed by atoms with van der Waals surface area (Å²) >= 11 is 0. The minimum atomic E-state index is 0. The molecule has 0 radical (unpaired) electrons. The molecule has 0 unspecified atom stereocenters. The fourth-order valence-corrected chi connectivity index (χ4v) is 1.38. The topological polar surface area (TPSA) is 55.1 Å². The molecule has 0 atom stereocenters.